The number of aromatic nitrogens is 4. The minimum atomic E-state index is -4.47. The number of halogens is 3. The molecule has 5 N–H and O–H groups in total. The number of H-pyrrole nitrogens is 1. The second-order valence-corrected chi connectivity index (χ2v) is 9.61. The molecule has 0 saturated heterocycles. The number of carbonyl (C=O) groups excluding carboxylic acids is 1. The van der Waals surface area contributed by atoms with Crippen molar-refractivity contribution in [3.8, 4) is 0 Å². The number of nitrogens with zero attached hydrogens (tertiary/aromatic N) is 3. The summed E-state index contributed by atoms with van der Waals surface area (Å²) in [4.78, 5) is 21.2. The van der Waals surface area contributed by atoms with Crippen LogP contribution < -0.4 is 21.3 Å². The summed E-state index contributed by atoms with van der Waals surface area (Å²) in [5.74, 6) is 2.34. The first-order valence-corrected chi connectivity index (χ1v) is 12.5. The van der Waals surface area contributed by atoms with Gasteiger partial charge >= 0.3 is 12.2 Å². The van der Waals surface area contributed by atoms with Gasteiger partial charge in [-0.05, 0) is 56.4 Å². The molecule has 2 atom stereocenters. The highest BCUT2D eigenvalue weighted by Gasteiger charge is 2.31. The number of rotatable bonds is 7. The van der Waals surface area contributed by atoms with Crippen LogP contribution in [0.25, 0.3) is 0 Å². The van der Waals surface area contributed by atoms with E-state index in [9.17, 15) is 18.0 Å². The fourth-order valence-corrected chi connectivity index (χ4v) is 5.03. The van der Waals surface area contributed by atoms with Crippen LogP contribution in [-0.2, 0) is 6.18 Å². The lowest BCUT2D eigenvalue weighted by atomic mass is 10.0. The van der Waals surface area contributed by atoms with Crippen molar-refractivity contribution >= 4 is 29.3 Å². The molecular formula is C25H29F3N8O. The highest BCUT2D eigenvalue weighted by molar-refractivity contribution is 5.89. The first kappa shape index (κ1) is 24.8. The minimum absolute atomic E-state index is 0.0495. The summed E-state index contributed by atoms with van der Waals surface area (Å²) in [6.07, 6.45) is 4.24. The van der Waals surface area contributed by atoms with E-state index in [-0.39, 0.29) is 17.8 Å². The van der Waals surface area contributed by atoms with Crippen molar-refractivity contribution in [2.24, 2.45) is 0 Å². The van der Waals surface area contributed by atoms with Gasteiger partial charge in [-0.2, -0.15) is 23.3 Å². The predicted octanol–water partition coefficient (Wildman–Crippen LogP) is 5.77. The third-order valence-corrected chi connectivity index (χ3v) is 6.85. The molecule has 2 aromatic heterocycles. The van der Waals surface area contributed by atoms with Gasteiger partial charge in [-0.3, -0.25) is 5.10 Å². The van der Waals surface area contributed by atoms with Crippen molar-refractivity contribution in [1.82, 2.24) is 25.5 Å². The summed E-state index contributed by atoms with van der Waals surface area (Å²) in [6, 6.07) is 7.75. The number of urea groups is 1. The molecule has 0 bridgehead atoms. The Bertz CT molecular complexity index is 1220. The molecular weight excluding hydrogens is 485 g/mol. The van der Waals surface area contributed by atoms with Crippen molar-refractivity contribution in [2.75, 3.05) is 16.0 Å². The maximum atomic E-state index is 12.9. The summed E-state index contributed by atoms with van der Waals surface area (Å²) < 4.78 is 38.7. The maximum Gasteiger partial charge on any atom is 0.416 e. The third kappa shape index (κ3) is 6.49. The average Bonchev–Trinajstić information content (AvgIpc) is 3.62. The highest BCUT2D eigenvalue weighted by Crippen LogP contribution is 2.34. The summed E-state index contributed by atoms with van der Waals surface area (Å²) in [7, 11) is 0. The molecule has 0 aliphatic heterocycles. The van der Waals surface area contributed by atoms with Gasteiger partial charge in [-0.15, -0.1) is 0 Å². The van der Waals surface area contributed by atoms with E-state index < -0.39 is 17.8 Å². The van der Waals surface area contributed by atoms with Crippen molar-refractivity contribution in [1.29, 1.82) is 0 Å². The van der Waals surface area contributed by atoms with Gasteiger partial charge in [-0.1, -0.05) is 18.9 Å². The normalized spacial score (nSPS) is 20.1. The van der Waals surface area contributed by atoms with E-state index in [0.29, 0.717) is 29.9 Å². The average molecular weight is 515 g/mol. The van der Waals surface area contributed by atoms with Gasteiger partial charge < -0.3 is 21.3 Å². The molecule has 1 aromatic carbocycles. The van der Waals surface area contributed by atoms with Gasteiger partial charge in [0.25, 0.3) is 0 Å². The van der Waals surface area contributed by atoms with Gasteiger partial charge in [0.1, 0.15) is 5.82 Å². The van der Waals surface area contributed by atoms with Gasteiger partial charge in [0.05, 0.1) is 5.56 Å². The molecule has 37 heavy (non-hydrogen) atoms. The molecule has 196 valence electrons. The lowest BCUT2D eigenvalue weighted by Crippen LogP contribution is -2.37. The van der Waals surface area contributed by atoms with Crippen LogP contribution in [0, 0.1) is 0 Å². The van der Waals surface area contributed by atoms with Crippen molar-refractivity contribution in [3.63, 3.8) is 0 Å². The summed E-state index contributed by atoms with van der Waals surface area (Å²) in [6.45, 7) is 0. The fourth-order valence-electron chi connectivity index (χ4n) is 5.03. The maximum absolute atomic E-state index is 12.9. The summed E-state index contributed by atoms with van der Waals surface area (Å²) >= 11 is 0. The van der Waals surface area contributed by atoms with E-state index in [1.807, 2.05) is 6.07 Å². The molecule has 2 aliphatic rings. The summed E-state index contributed by atoms with van der Waals surface area (Å²) in [5, 5.41) is 19.3. The van der Waals surface area contributed by atoms with E-state index >= 15 is 0 Å². The first-order chi connectivity index (χ1) is 17.8. The Labute approximate surface area is 212 Å². The topological polar surface area (TPSA) is 120 Å². The van der Waals surface area contributed by atoms with Crippen LogP contribution in [0.5, 0.6) is 0 Å². The number of carbonyl (C=O) groups is 1. The molecule has 5 rings (SSSR count). The van der Waals surface area contributed by atoms with E-state index in [0.717, 1.165) is 30.7 Å². The number of hydrogen-bond acceptors (Lipinski definition) is 6. The number of nitrogens with one attached hydrogen (secondary N) is 5. The number of benzene rings is 1. The molecule has 0 radical (unpaired) electrons. The molecule has 0 spiro atoms. The molecule has 3 aromatic rings. The number of amides is 2. The zero-order valence-corrected chi connectivity index (χ0v) is 20.1. The number of hydrogen-bond donors (Lipinski definition) is 5. The Hall–Kier alpha value is -3.83. The van der Waals surface area contributed by atoms with Crippen LogP contribution in [0.3, 0.4) is 0 Å². The molecule has 0 unspecified atom stereocenters. The standard InChI is InChI=1S/C25H29F3N8O/c26-25(27,28)16-6-3-7-17(12-16)31-24(37)32-19-9-8-18(13-19)30-23-29-11-10-21(34-23)33-22-14-20(35-36-22)15-4-1-2-5-15/h3,6-7,10-12,14-15,18-19H,1-2,4-5,8-9,13H2,(H2,31,32,37)(H3,29,30,33,34,35,36)/t18-,19-/m1/s1. The monoisotopic (exact) mass is 514 g/mol. The third-order valence-electron chi connectivity index (χ3n) is 6.85. The van der Waals surface area contributed by atoms with Gasteiger partial charge in [0.2, 0.25) is 5.95 Å². The summed E-state index contributed by atoms with van der Waals surface area (Å²) in [5.41, 5.74) is 0.424. The fraction of sp³-hybridized carbons (Fsp3) is 0.440. The molecule has 2 saturated carbocycles. The van der Waals surface area contributed by atoms with Gasteiger partial charge in [0, 0.05) is 41.6 Å². The lowest BCUT2D eigenvalue weighted by Gasteiger charge is -2.16. The van der Waals surface area contributed by atoms with Gasteiger partial charge in [0.15, 0.2) is 5.82 Å². The Kier molecular flexibility index (Phi) is 7.15. The Morgan fingerprint density at radius 1 is 1.00 bits per heavy atom. The zero-order chi connectivity index (χ0) is 25.8. The van der Waals surface area contributed by atoms with Crippen LogP contribution in [-0.4, -0.2) is 38.3 Å². The Morgan fingerprint density at radius 2 is 1.81 bits per heavy atom. The zero-order valence-electron chi connectivity index (χ0n) is 20.1. The second-order valence-electron chi connectivity index (χ2n) is 9.61. The van der Waals surface area contributed by atoms with Crippen molar-refractivity contribution in [2.45, 2.75) is 69.1 Å². The Balaban J connectivity index is 1.11. The largest absolute Gasteiger partial charge is 0.416 e. The van der Waals surface area contributed by atoms with Crippen LogP contribution in [0.4, 0.5) is 41.2 Å². The quantitative estimate of drug-likeness (QED) is 0.273. The molecule has 2 fully saturated rings. The second kappa shape index (κ2) is 10.7. The highest BCUT2D eigenvalue weighted by atomic mass is 19.4. The van der Waals surface area contributed by atoms with Crippen LogP contribution >= 0.6 is 0 Å². The number of aromatic amines is 1. The minimum Gasteiger partial charge on any atom is -0.351 e. The molecule has 2 heterocycles. The number of anilines is 4. The smallest absolute Gasteiger partial charge is 0.351 e. The molecule has 9 nitrogen and oxygen atoms in total. The van der Waals surface area contributed by atoms with Crippen LogP contribution in [0.15, 0.2) is 42.6 Å². The van der Waals surface area contributed by atoms with Crippen LogP contribution in [0.1, 0.15) is 62.1 Å². The lowest BCUT2D eigenvalue weighted by molar-refractivity contribution is -0.137. The SMILES string of the molecule is O=C(Nc1cccc(C(F)(F)F)c1)N[C@@H]1CC[C@@H](Nc2nccc(Nc3cc(C4CCCC4)[nH]n3)n2)C1. The Morgan fingerprint density at radius 3 is 2.62 bits per heavy atom. The number of alkyl halides is 3. The molecule has 2 amide bonds. The van der Waals surface area contributed by atoms with Crippen LogP contribution in [0.2, 0.25) is 0 Å². The van der Waals surface area contributed by atoms with Gasteiger partial charge in [-0.25, -0.2) is 9.78 Å². The van der Waals surface area contributed by atoms with E-state index in [2.05, 4.69) is 41.4 Å². The van der Waals surface area contributed by atoms with E-state index in [4.69, 9.17) is 0 Å². The van der Waals surface area contributed by atoms with E-state index in [1.165, 1.54) is 37.8 Å². The molecule has 2 aliphatic carbocycles. The van der Waals surface area contributed by atoms with Crippen molar-refractivity contribution in [3.05, 3.63) is 53.9 Å². The first-order valence-electron chi connectivity index (χ1n) is 12.5. The molecule has 12 heteroatoms. The predicted molar refractivity (Wildman–Crippen MR) is 134 cm³/mol. The van der Waals surface area contributed by atoms with E-state index in [1.54, 1.807) is 12.3 Å². The van der Waals surface area contributed by atoms with Crippen molar-refractivity contribution < 1.29 is 18.0 Å².